The number of benzene rings is 1. The van der Waals surface area contributed by atoms with Crippen molar-refractivity contribution in [2.75, 3.05) is 25.0 Å². The quantitative estimate of drug-likeness (QED) is 0.568. The number of nitrogens with one attached hydrogen (secondary N) is 1. The molecule has 0 radical (unpaired) electrons. The van der Waals surface area contributed by atoms with Gasteiger partial charge in [-0.2, -0.15) is 0 Å². The van der Waals surface area contributed by atoms with Gasteiger partial charge in [-0.05, 0) is 31.9 Å². The smallest absolute Gasteiger partial charge is 0.269 e. The van der Waals surface area contributed by atoms with Crippen molar-refractivity contribution in [1.82, 2.24) is 10.1 Å². The zero-order valence-electron chi connectivity index (χ0n) is 15.3. The fourth-order valence-electron chi connectivity index (χ4n) is 2.94. The molecule has 1 aliphatic rings. The molecule has 1 aromatic carbocycles. The predicted molar refractivity (Wildman–Crippen MR) is 97.8 cm³/mol. The van der Waals surface area contributed by atoms with Crippen molar-refractivity contribution in [2.24, 2.45) is 0 Å². The molecule has 28 heavy (non-hydrogen) atoms. The Morgan fingerprint density at radius 3 is 2.68 bits per heavy atom. The number of nitrogens with zero attached hydrogens (tertiary/aromatic N) is 3. The lowest BCUT2D eigenvalue weighted by Crippen LogP contribution is -2.42. The zero-order chi connectivity index (χ0) is 20.1. The van der Waals surface area contributed by atoms with E-state index in [2.05, 4.69) is 10.5 Å². The van der Waals surface area contributed by atoms with Gasteiger partial charge < -0.3 is 19.5 Å². The number of ether oxygens (including phenoxy) is 1. The Bertz CT molecular complexity index is 857. The molecule has 2 amide bonds. The van der Waals surface area contributed by atoms with Gasteiger partial charge >= 0.3 is 0 Å². The number of carbonyl (C=O) groups is 2. The highest BCUT2D eigenvalue weighted by atomic mass is 16.6. The average molecular weight is 388 g/mol. The van der Waals surface area contributed by atoms with Gasteiger partial charge in [0.2, 0.25) is 5.91 Å². The number of non-ortho nitro benzene ring substituents is 1. The molecule has 148 valence electrons. The van der Waals surface area contributed by atoms with Crippen molar-refractivity contribution in [3.8, 4) is 0 Å². The molecule has 1 fully saturated rings. The van der Waals surface area contributed by atoms with Crippen molar-refractivity contribution >= 4 is 23.3 Å². The van der Waals surface area contributed by atoms with Crippen molar-refractivity contribution in [3.05, 3.63) is 51.8 Å². The first-order chi connectivity index (χ1) is 13.4. The number of aromatic nitrogens is 1. The van der Waals surface area contributed by atoms with E-state index in [-0.39, 0.29) is 36.3 Å². The van der Waals surface area contributed by atoms with Crippen LogP contribution in [0.25, 0.3) is 0 Å². The summed E-state index contributed by atoms with van der Waals surface area (Å²) in [6, 6.07) is 6.84. The number of amides is 2. The second kappa shape index (κ2) is 8.61. The average Bonchev–Trinajstić information content (AvgIpc) is 3.32. The van der Waals surface area contributed by atoms with Crippen LogP contribution in [0.1, 0.15) is 29.0 Å². The number of nitro groups is 1. The molecule has 1 aliphatic heterocycles. The molecule has 1 atom stereocenters. The molecule has 10 heteroatoms. The summed E-state index contributed by atoms with van der Waals surface area (Å²) in [5, 5.41) is 17.1. The lowest BCUT2D eigenvalue weighted by atomic mass is 10.1. The standard InChI is InChI=1S/C18H20N4O6/c1-12-9-16(20-28-12)19-17(23)11-21(10-15-3-2-8-27-15)18(24)13-4-6-14(7-5-13)22(25)26/h4-7,9,15H,2-3,8,10-11H2,1H3,(H,19,20,23)/t15-/m0/s1. The third-order valence-corrected chi connectivity index (χ3v) is 4.29. The Kier molecular flexibility index (Phi) is 5.99. The summed E-state index contributed by atoms with van der Waals surface area (Å²) in [6.07, 6.45) is 1.55. The minimum Gasteiger partial charge on any atom is -0.376 e. The molecular weight excluding hydrogens is 368 g/mol. The molecule has 1 aromatic heterocycles. The van der Waals surface area contributed by atoms with Gasteiger partial charge in [0, 0.05) is 36.9 Å². The Hall–Kier alpha value is -3.27. The number of hydrogen-bond donors (Lipinski definition) is 1. The van der Waals surface area contributed by atoms with Gasteiger partial charge in [-0.3, -0.25) is 19.7 Å². The summed E-state index contributed by atoms with van der Waals surface area (Å²) < 4.78 is 10.5. The SMILES string of the molecule is Cc1cc(NC(=O)CN(C[C@@H]2CCCO2)C(=O)c2ccc([N+](=O)[O-])cc2)no1. The van der Waals surface area contributed by atoms with Crippen LogP contribution in [-0.4, -0.2) is 52.6 Å². The van der Waals surface area contributed by atoms with Crippen LogP contribution in [0.15, 0.2) is 34.9 Å². The van der Waals surface area contributed by atoms with Crippen LogP contribution in [0.2, 0.25) is 0 Å². The summed E-state index contributed by atoms with van der Waals surface area (Å²) in [5.41, 5.74) is 0.148. The van der Waals surface area contributed by atoms with E-state index in [1.165, 1.54) is 29.2 Å². The third-order valence-electron chi connectivity index (χ3n) is 4.29. The maximum Gasteiger partial charge on any atom is 0.269 e. The highest BCUT2D eigenvalue weighted by Crippen LogP contribution is 2.17. The van der Waals surface area contributed by atoms with E-state index in [0.29, 0.717) is 12.4 Å². The minimum atomic E-state index is -0.536. The highest BCUT2D eigenvalue weighted by molar-refractivity contribution is 5.99. The highest BCUT2D eigenvalue weighted by Gasteiger charge is 2.26. The monoisotopic (exact) mass is 388 g/mol. The van der Waals surface area contributed by atoms with E-state index in [1.54, 1.807) is 13.0 Å². The van der Waals surface area contributed by atoms with Crippen LogP contribution in [0.4, 0.5) is 11.5 Å². The molecule has 0 bridgehead atoms. The number of hydrogen-bond acceptors (Lipinski definition) is 7. The number of rotatable bonds is 7. The van der Waals surface area contributed by atoms with Crippen molar-refractivity contribution in [2.45, 2.75) is 25.9 Å². The molecule has 3 rings (SSSR count). The van der Waals surface area contributed by atoms with E-state index < -0.39 is 16.7 Å². The molecule has 2 heterocycles. The number of carbonyl (C=O) groups excluding carboxylic acids is 2. The zero-order valence-corrected chi connectivity index (χ0v) is 15.3. The van der Waals surface area contributed by atoms with Crippen LogP contribution >= 0.6 is 0 Å². The molecule has 0 saturated carbocycles. The maximum atomic E-state index is 12.9. The summed E-state index contributed by atoms with van der Waals surface area (Å²) in [5.74, 6) is -0.0192. The Morgan fingerprint density at radius 2 is 2.11 bits per heavy atom. The lowest BCUT2D eigenvalue weighted by molar-refractivity contribution is -0.384. The predicted octanol–water partition coefficient (Wildman–Crippen LogP) is 2.15. The molecule has 2 aromatic rings. The third kappa shape index (κ3) is 4.92. The fourth-order valence-corrected chi connectivity index (χ4v) is 2.94. The van der Waals surface area contributed by atoms with Crippen molar-refractivity contribution in [1.29, 1.82) is 0 Å². The Morgan fingerprint density at radius 1 is 1.36 bits per heavy atom. The fraction of sp³-hybridized carbons (Fsp3) is 0.389. The molecule has 0 aliphatic carbocycles. The van der Waals surface area contributed by atoms with Gasteiger partial charge in [0.05, 0.1) is 11.0 Å². The van der Waals surface area contributed by atoms with Gasteiger partial charge in [0.1, 0.15) is 12.3 Å². The van der Waals surface area contributed by atoms with Gasteiger partial charge in [-0.15, -0.1) is 0 Å². The first kappa shape index (κ1) is 19.5. The lowest BCUT2D eigenvalue weighted by Gasteiger charge is -2.25. The van der Waals surface area contributed by atoms with E-state index in [4.69, 9.17) is 9.26 Å². The normalized spacial score (nSPS) is 16.0. The molecule has 0 spiro atoms. The molecule has 1 saturated heterocycles. The van der Waals surface area contributed by atoms with E-state index in [1.807, 2.05) is 0 Å². The number of aryl methyl sites for hydroxylation is 1. The van der Waals surface area contributed by atoms with Crippen molar-refractivity contribution < 1.29 is 23.8 Å². The molecule has 10 nitrogen and oxygen atoms in total. The summed E-state index contributed by atoms with van der Waals surface area (Å²) >= 11 is 0. The Labute approximate surface area is 160 Å². The van der Waals surface area contributed by atoms with Crippen LogP contribution in [0.5, 0.6) is 0 Å². The van der Waals surface area contributed by atoms with Crippen LogP contribution < -0.4 is 5.32 Å². The topological polar surface area (TPSA) is 128 Å². The molecular formula is C18H20N4O6. The van der Waals surface area contributed by atoms with Crippen LogP contribution in [0.3, 0.4) is 0 Å². The van der Waals surface area contributed by atoms with Crippen molar-refractivity contribution in [3.63, 3.8) is 0 Å². The van der Waals surface area contributed by atoms with Gasteiger partial charge in [0.15, 0.2) is 5.82 Å². The summed E-state index contributed by atoms with van der Waals surface area (Å²) in [6.45, 7) is 2.36. The van der Waals surface area contributed by atoms with E-state index >= 15 is 0 Å². The summed E-state index contributed by atoms with van der Waals surface area (Å²) in [4.78, 5) is 36.9. The minimum absolute atomic E-state index is 0.110. The van der Waals surface area contributed by atoms with Crippen LogP contribution in [-0.2, 0) is 9.53 Å². The van der Waals surface area contributed by atoms with Crippen LogP contribution in [0, 0.1) is 17.0 Å². The van der Waals surface area contributed by atoms with Gasteiger partial charge in [0.25, 0.3) is 11.6 Å². The Balaban J connectivity index is 1.72. The molecule has 1 N–H and O–H groups in total. The summed E-state index contributed by atoms with van der Waals surface area (Å²) in [7, 11) is 0. The first-order valence-electron chi connectivity index (χ1n) is 8.81. The largest absolute Gasteiger partial charge is 0.376 e. The second-order valence-electron chi connectivity index (χ2n) is 6.50. The van der Waals surface area contributed by atoms with E-state index in [0.717, 1.165) is 12.8 Å². The second-order valence-corrected chi connectivity index (χ2v) is 6.50. The first-order valence-corrected chi connectivity index (χ1v) is 8.81. The van der Waals surface area contributed by atoms with Gasteiger partial charge in [-0.1, -0.05) is 5.16 Å². The maximum absolute atomic E-state index is 12.9. The van der Waals surface area contributed by atoms with E-state index in [9.17, 15) is 19.7 Å². The number of anilines is 1. The van der Waals surface area contributed by atoms with Gasteiger partial charge in [-0.25, -0.2) is 0 Å². The number of nitro benzene ring substituents is 1. The molecule has 0 unspecified atom stereocenters.